The second kappa shape index (κ2) is 4.82. The second-order valence-corrected chi connectivity index (χ2v) is 3.82. The van der Waals surface area contributed by atoms with E-state index in [4.69, 9.17) is 5.73 Å². The Morgan fingerprint density at radius 2 is 2.17 bits per heavy atom. The fraction of sp³-hybridized carbons (Fsp3) is 0.875. The van der Waals surface area contributed by atoms with Gasteiger partial charge in [0.05, 0.1) is 5.33 Å². The fourth-order valence-corrected chi connectivity index (χ4v) is 1.75. The summed E-state index contributed by atoms with van der Waals surface area (Å²) in [7, 11) is 0. The number of rotatable bonds is 2. The highest BCUT2D eigenvalue weighted by Crippen LogP contribution is 2.16. The van der Waals surface area contributed by atoms with E-state index in [1.807, 2.05) is 0 Å². The molecule has 1 aliphatic rings. The van der Waals surface area contributed by atoms with Crippen molar-refractivity contribution in [3.8, 4) is 0 Å². The van der Waals surface area contributed by atoms with Gasteiger partial charge >= 0.3 is 0 Å². The standard InChI is InChI=1S/C8H15BrN2O/c9-5-8(12)11-7-4-2-1-3-6(7)10/h6-7H,1-5,10H2,(H,11,12). The molecule has 2 atom stereocenters. The van der Waals surface area contributed by atoms with Gasteiger partial charge in [0, 0.05) is 12.1 Å². The third-order valence-corrected chi connectivity index (χ3v) is 2.80. The van der Waals surface area contributed by atoms with E-state index in [1.54, 1.807) is 0 Å². The topological polar surface area (TPSA) is 55.1 Å². The molecule has 1 fully saturated rings. The molecule has 0 aliphatic heterocycles. The normalized spacial score (nSPS) is 29.8. The van der Waals surface area contributed by atoms with Gasteiger partial charge < -0.3 is 11.1 Å². The highest BCUT2D eigenvalue weighted by atomic mass is 79.9. The first-order valence-electron chi connectivity index (χ1n) is 4.35. The average Bonchev–Trinajstić information content (AvgIpc) is 2.09. The number of carbonyl (C=O) groups is 1. The Hall–Kier alpha value is -0.0900. The molecule has 0 radical (unpaired) electrons. The van der Waals surface area contributed by atoms with Gasteiger partial charge in [-0.15, -0.1) is 0 Å². The molecule has 70 valence electrons. The number of halogens is 1. The van der Waals surface area contributed by atoms with Crippen molar-refractivity contribution < 1.29 is 4.79 Å². The van der Waals surface area contributed by atoms with Crippen LogP contribution in [0.25, 0.3) is 0 Å². The quantitative estimate of drug-likeness (QED) is 0.694. The van der Waals surface area contributed by atoms with E-state index in [0.29, 0.717) is 5.33 Å². The zero-order valence-electron chi connectivity index (χ0n) is 7.05. The zero-order valence-corrected chi connectivity index (χ0v) is 8.64. The van der Waals surface area contributed by atoms with Gasteiger partial charge in [-0.1, -0.05) is 28.8 Å². The maximum atomic E-state index is 11.0. The predicted octanol–water partition coefficient (Wildman–Crippen LogP) is 0.767. The molecule has 12 heavy (non-hydrogen) atoms. The smallest absolute Gasteiger partial charge is 0.230 e. The summed E-state index contributed by atoms with van der Waals surface area (Å²) in [5.74, 6) is 0.0392. The van der Waals surface area contributed by atoms with Crippen LogP contribution in [0.3, 0.4) is 0 Å². The summed E-state index contributed by atoms with van der Waals surface area (Å²) in [4.78, 5) is 11.0. The number of nitrogens with one attached hydrogen (secondary N) is 1. The van der Waals surface area contributed by atoms with E-state index in [1.165, 1.54) is 12.8 Å². The van der Waals surface area contributed by atoms with E-state index >= 15 is 0 Å². The maximum Gasteiger partial charge on any atom is 0.230 e. The van der Waals surface area contributed by atoms with Gasteiger partial charge in [-0.2, -0.15) is 0 Å². The van der Waals surface area contributed by atoms with Crippen molar-refractivity contribution >= 4 is 21.8 Å². The van der Waals surface area contributed by atoms with Crippen LogP contribution in [0, 0.1) is 0 Å². The monoisotopic (exact) mass is 234 g/mol. The van der Waals surface area contributed by atoms with Crippen molar-refractivity contribution in [3.63, 3.8) is 0 Å². The molecular weight excluding hydrogens is 220 g/mol. The fourth-order valence-electron chi connectivity index (χ4n) is 1.58. The first-order valence-corrected chi connectivity index (χ1v) is 5.47. The molecule has 1 saturated carbocycles. The minimum atomic E-state index is 0.0392. The van der Waals surface area contributed by atoms with Crippen LogP contribution in [-0.4, -0.2) is 23.3 Å². The molecule has 0 spiro atoms. The lowest BCUT2D eigenvalue weighted by atomic mass is 9.91. The molecular formula is C8H15BrN2O. The van der Waals surface area contributed by atoms with Crippen molar-refractivity contribution in [1.82, 2.24) is 5.32 Å². The molecule has 3 nitrogen and oxygen atoms in total. The number of nitrogens with two attached hydrogens (primary N) is 1. The highest BCUT2D eigenvalue weighted by molar-refractivity contribution is 9.09. The number of carbonyl (C=O) groups excluding carboxylic acids is 1. The van der Waals surface area contributed by atoms with Crippen molar-refractivity contribution in [2.24, 2.45) is 5.73 Å². The Kier molecular flexibility index (Phi) is 4.01. The average molecular weight is 235 g/mol. The molecule has 2 unspecified atom stereocenters. The molecule has 4 heteroatoms. The molecule has 0 heterocycles. The summed E-state index contributed by atoms with van der Waals surface area (Å²) in [6.07, 6.45) is 4.44. The lowest BCUT2D eigenvalue weighted by Crippen LogP contribution is -2.49. The van der Waals surface area contributed by atoms with E-state index < -0.39 is 0 Å². The molecule has 1 aliphatic carbocycles. The van der Waals surface area contributed by atoms with Gasteiger partial charge in [0.15, 0.2) is 0 Å². The van der Waals surface area contributed by atoms with Crippen molar-refractivity contribution in [1.29, 1.82) is 0 Å². The highest BCUT2D eigenvalue weighted by Gasteiger charge is 2.22. The summed E-state index contributed by atoms with van der Waals surface area (Å²) in [5.41, 5.74) is 5.85. The molecule has 1 amide bonds. The minimum absolute atomic E-state index is 0.0392. The predicted molar refractivity (Wildman–Crippen MR) is 52.2 cm³/mol. The summed E-state index contributed by atoms with van der Waals surface area (Å²) in [5, 5.41) is 3.28. The Labute approximate surface area is 81.2 Å². The lowest BCUT2D eigenvalue weighted by Gasteiger charge is -2.28. The largest absolute Gasteiger partial charge is 0.351 e. The van der Waals surface area contributed by atoms with Crippen molar-refractivity contribution in [2.45, 2.75) is 37.8 Å². The Morgan fingerprint density at radius 3 is 2.75 bits per heavy atom. The Balaban J connectivity index is 2.33. The third-order valence-electron chi connectivity index (χ3n) is 2.29. The van der Waals surface area contributed by atoms with Crippen LogP contribution in [0.2, 0.25) is 0 Å². The molecule has 1 rings (SSSR count). The minimum Gasteiger partial charge on any atom is -0.351 e. The van der Waals surface area contributed by atoms with E-state index in [9.17, 15) is 4.79 Å². The molecule has 0 aromatic rings. The van der Waals surface area contributed by atoms with Gasteiger partial charge in [0.25, 0.3) is 0 Å². The van der Waals surface area contributed by atoms with Crippen LogP contribution in [0.5, 0.6) is 0 Å². The number of hydrogen-bond donors (Lipinski definition) is 2. The molecule has 0 saturated heterocycles. The Bertz CT molecular complexity index is 163. The van der Waals surface area contributed by atoms with Crippen LogP contribution < -0.4 is 11.1 Å². The number of amides is 1. The molecule has 0 aromatic heterocycles. The van der Waals surface area contributed by atoms with Gasteiger partial charge in [-0.3, -0.25) is 4.79 Å². The van der Waals surface area contributed by atoms with Crippen molar-refractivity contribution in [2.75, 3.05) is 5.33 Å². The molecule has 0 aromatic carbocycles. The molecule has 3 N–H and O–H groups in total. The lowest BCUT2D eigenvalue weighted by molar-refractivity contribution is -0.119. The van der Waals surface area contributed by atoms with Crippen LogP contribution in [0.15, 0.2) is 0 Å². The second-order valence-electron chi connectivity index (χ2n) is 3.26. The van der Waals surface area contributed by atoms with Crippen molar-refractivity contribution in [3.05, 3.63) is 0 Å². The van der Waals surface area contributed by atoms with Gasteiger partial charge in [-0.05, 0) is 12.8 Å². The third kappa shape index (κ3) is 2.75. The van der Waals surface area contributed by atoms with Gasteiger partial charge in [0.2, 0.25) is 5.91 Å². The van der Waals surface area contributed by atoms with Gasteiger partial charge in [0.1, 0.15) is 0 Å². The summed E-state index contributed by atoms with van der Waals surface area (Å²) < 4.78 is 0. The SMILES string of the molecule is NC1CCCCC1NC(=O)CBr. The first kappa shape index (κ1) is 9.99. The summed E-state index contributed by atoms with van der Waals surface area (Å²) in [6.45, 7) is 0. The summed E-state index contributed by atoms with van der Waals surface area (Å²) >= 11 is 3.11. The van der Waals surface area contributed by atoms with E-state index in [-0.39, 0.29) is 18.0 Å². The Morgan fingerprint density at radius 1 is 1.50 bits per heavy atom. The summed E-state index contributed by atoms with van der Waals surface area (Å²) in [6, 6.07) is 0.352. The van der Waals surface area contributed by atoms with E-state index in [0.717, 1.165) is 12.8 Å². The van der Waals surface area contributed by atoms with E-state index in [2.05, 4.69) is 21.2 Å². The number of alkyl halides is 1. The zero-order chi connectivity index (χ0) is 8.97. The number of hydrogen-bond acceptors (Lipinski definition) is 2. The first-order chi connectivity index (χ1) is 5.74. The van der Waals surface area contributed by atoms with Crippen LogP contribution in [-0.2, 0) is 4.79 Å². The van der Waals surface area contributed by atoms with Crippen LogP contribution in [0.4, 0.5) is 0 Å². The molecule has 0 bridgehead atoms. The van der Waals surface area contributed by atoms with Crippen LogP contribution >= 0.6 is 15.9 Å². The van der Waals surface area contributed by atoms with Gasteiger partial charge in [-0.25, -0.2) is 0 Å². The van der Waals surface area contributed by atoms with Crippen LogP contribution in [0.1, 0.15) is 25.7 Å². The maximum absolute atomic E-state index is 11.0.